The van der Waals surface area contributed by atoms with Crippen molar-refractivity contribution in [3.63, 3.8) is 0 Å². The molecule has 2 amide bonds. The van der Waals surface area contributed by atoms with E-state index in [1.165, 1.54) is 23.5 Å². The highest BCUT2D eigenvalue weighted by molar-refractivity contribution is 7.09. The van der Waals surface area contributed by atoms with Crippen molar-refractivity contribution < 1.29 is 23.5 Å². The fraction of sp³-hybridized carbons (Fsp3) is 0.346. The van der Waals surface area contributed by atoms with Crippen molar-refractivity contribution in [2.24, 2.45) is 0 Å². The predicted molar refractivity (Wildman–Crippen MR) is 129 cm³/mol. The lowest BCUT2D eigenvalue weighted by Crippen LogP contribution is -2.40. The number of aromatic nitrogens is 1. The van der Waals surface area contributed by atoms with Crippen molar-refractivity contribution in [1.82, 2.24) is 15.2 Å². The van der Waals surface area contributed by atoms with Gasteiger partial charge in [-0.25, -0.2) is 9.37 Å². The second kappa shape index (κ2) is 10.4. The molecule has 0 spiro atoms. The Kier molecular flexibility index (Phi) is 6.94. The van der Waals surface area contributed by atoms with E-state index in [0.29, 0.717) is 43.4 Å². The summed E-state index contributed by atoms with van der Waals surface area (Å²) in [6.07, 6.45) is 1.62. The van der Waals surface area contributed by atoms with E-state index in [4.69, 9.17) is 9.47 Å². The number of rotatable bonds is 6. The van der Waals surface area contributed by atoms with Crippen LogP contribution in [0.4, 0.5) is 4.39 Å². The number of hydrogen-bond acceptors (Lipinski definition) is 6. The summed E-state index contributed by atoms with van der Waals surface area (Å²) in [4.78, 5) is 31.7. The monoisotopic (exact) mass is 495 g/mol. The second-order valence-electron chi connectivity index (χ2n) is 8.74. The number of thiazole rings is 1. The third kappa shape index (κ3) is 5.62. The summed E-state index contributed by atoms with van der Waals surface area (Å²) in [7, 11) is 0. The summed E-state index contributed by atoms with van der Waals surface area (Å²) in [5.74, 6) is 1.12. The number of fused-ring (bicyclic) bond motifs is 1. The minimum atomic E-state index is -0.305. The van der Waals surface area contributed by atoms with Crippen LogP contribution in [-0.4, -0.2) is 54.0 Å². The van der Waals surface area contributed by atoms with Gasteiger partial charge in [-0.05, 0) is 42.7 Å². The third-order valence-corrected chi connectivity index (χ3v) is 7.29. The first-order chi connectivity index (χ1) is 17.0. The number of carbonyl (C=O) groups excluding carboxylic acids is 2. The van der Waals surface area contributed by atoms with Gasteiger partial charge in [-0.2, -0.15) is 0 Å². The summed E-state index contributed by atoms with van der Waals surface area (Å²) < 4.78 is 24.6. The number of piperidine rings is 1. The Bertz CT molecular complexity index is 1190. The Balaban J connectivity index is 1.09. The number of para-hydroxylation sites is 2. The van der Waals surface area contributed by atoms with E-state index >= 15 is 0 Å². The van der Waals surface area contributed by atoms with E-state index in [1.54, 1.807) is 17.5 Å². The maximum atomic E-state index is 13.1. The van der Waals surface area contributed by atoms with Gasteiger partial charge in [-0.3, -0.25) is 9.59 Å². The van der Waals surface area contributed by atoms with Crippen LogP contribution < -0.4 is 14.8 Å². The fourth-order valence-electron chi connectivity index (χ4n) is 4.30. The number of hydrogen-bond donors (Lipinski definition) is 1. The van der Waals surface area contributed by atoms with Crippen molar-refractivity contribution in [3.8, 4) is 11.5 Å². The highest BCUT2D eigenvalue weighted by Gasteiger charge is 2.27. The Hall–Kier alpha value is -3.46. The molecule has 1 aromatic heterocycles. The fourth-order valence-corrected chi connectivity index (χ4v) is 5.28. The van der Waals surface area contributed by atoms with Gasteiger partial charge in [0.05, 0.1) is 18.0 Å². The molecule has 35 heavy (non-hydrogen) atoms. The first-order valence-electron chi connectivity index (χ1n) is 11.7. The molecule has 7 nitrogen and oxygen atoms in total. The van der Waals surface area contributed by atoms with E-state index in [1.807, 2.05) is 29.2 Å². The molecule has 1 saturated heterocycles. The van der Waals surface area contributed by atoms with Crippen LogP contribution in [-0.2, 0) is 11.2 Å². The summed E-state index contributed by atoms with van der Waals surface area (Å²) in [6.45, 7) is 1.99. The molecule has 0 bridgehead atoms. The molecule has 1 atom stereocenters. The van der Waals surface area contributed by atoms with Crippen molar-refractivity contribution in [3.05, 3.63) is 76.0 Å². The largest absolute Gasteiger partial charge is 0.486 e. The maximum Gasteiger partial charge on any atom is 0.270 e. The lowest BCUT2D eigenvalue weighted by molar-refractivity contribution is -0.131. The topological polar surface area (TPSA) is 80.8 Å². The molecular formula is C26H26FN3O4S. The predicted octanol–water partition coefficient (Wildman–Crippen LogP) is 3.80. The molecular weight excluding hydrogens is 469 g/mol. The van der Waals surface area contributed by atoms with Gasteiger partial charge in [0.1, 0.15) is 24.2 Å². The average Bonchev–Trinajstić information content (AvgIpc) is 3.39. The number of nitrogens with zero attached hydrogens (tertiary/aromatic N) is 2. The molecule has 1 N–H and O–H groups in total. The highest BCUT2D eigenvalue weighted by Crippen LogP contribution is 2.32. The number of likely N-dealkylation sites (tertiary alicyclic amines) is 1. The van der Waals surface area contributed by atoms with E-state index < -0.39 is 0 Å². The maximum absolute atomic E-state index is 13.1. The average molecular weight is 496 g/mol. The van der Waals surface area contributed by atoms with Crippen molar-refractivity contribution in [2.45, 2.75) is 31.3 Å². The molecule has 1 fully saturated rings. The Labute approximate surface area is 206 Å². The minimum Gasteiger partial charge on any atom is -0.486 e. The molecule has 5 rings (SSSR count). The summed E-state index contributed by atoms with van der Waals surface area (Å²) in [6, 6.07) is 13.5. The lowest BCUT2D eigenvalue weighted by atomic mass is 9.97. The normalized spacial score (nSPS) is 17.7. The van der Waals surface area contributed by atoms with Crippen LogP contribution in [0.1, 0.15) is 39.8 Å². The van der Waals surface area contributed by atoms with Crippen molar-refractivity contribution >= 4 is 23.2 Å². The van der Waals surface area contributed by atoms with Gasteiger partial charge in [0.25, 0.3) is 5.91 Å². The highest BCUT2D eigenvalue weighted by atomic mass is 32.1. The summed E-state index contributed by atoms with van der Waals surface area (Å²) in [5.41, 5.74) is 1.21. The van der Waals surface area contributed by atoms with Gasteiger partial charge >= 0.3 is 0 Å². The molecule has 3 aromatic rings. The van der Waals surface area contributed by atoms with Crippen LogP contribution in [0.25, 0.3) is 0 Å². The molecule has 2 aromatic carbocycles. The van der Waals surface area contributed by atoms with Crippen LogP contribution in [0, 0.1) is 5.82 Å². The van der Waals surface area contributed by atoms with Gasteiger partial charge in [-0.15, -0.1) is 11.3 Å². The standard InChI is InChI=1S/C26H26FN3O4S/c27-19-7-5-17(6-8-19)13-24(31)30-11-9-18(10-12-30)26-29-21(16-35-26)25(32)28-14-20-15-33-22-3-1-2-4-23(22)34-20/h1-8,16,18,20H,9-15H2,(H,28,32). The number of benzene rings is 2. The third-order valence-electron chi connectivity index (χ3n) is 6.28. The molecule has 0 aliphatic carbocycles. The first kappa shape index (κ1) is 23.3. The van der Waals surface area contributed by atoms with Gasteiger partial charge in [-0.1, -0.05) is 24.3 Å². The zero-order chi connectivity index (χ0) is 24.2. The number of amides is 2. The molecule has 3 heterocycles. The summed E-state index contributed by atoms with van der Waals surface area (Å²) in [5, 5.41) is 5.59. The SMILES string of the molecule is O=C(NCC1COc2ccccc2O1)c1csc(C2CCN(C(=O)Cc3ccc(F)cc3)CC2)n1. The van der Waals surface area contributed by atoms with Crippen LogP contribution >= 0.6 is 11.3 Å². The second-order valence-corrected chi connectivity index (χ2v) is 9.63. The molecule has 182 valence electrons. The molecule has 9 heteroatoms. The Morgan fingerprint density at radius 1 is 1.09 bits per heavy atom. The molecule has 2 aliphatic rings. The van der Waals surface area contributed by atoms with Gasteiger partial charge in [0, 0.05) is 24.4 Å². The molecule has 0 radical (unpaired) electrons. The molecule has 2 aliphatic heterocycles. The van der Waals surface area contributed by atoms with Gasteiger partial charge < -0.3 is 19.7 Å². The smallest absolute Gasteiger partial charge is 0.270 e. The van der Waals surface area contributed by atoms with Crippen LogP contribution in [0.5, 0.6) is 11.5 Å². The Morgan fingerprint density at radius 2 is 1.83 bits per heavy atom. The Morgan fingerprint density at radius 3 is 2.60 bits per heavy atom. The number of ether oxygens (including phenoxy) is 2. The molecule has 0 saturated carbocycles. The summed E-state index contributed by atoms with van der Waals surface area (Å²) >= 11 is 1.48. The lowest BCUT2D eigenvalue weighted by Gasteiger charge is -2.31. The van der Waals surface area contributed by atoms with E-state index in [9.17, 15) is 14.0 Å². The zero-order valence-corrected chi connectivity index (χ0v) is 19.9. The van der Waals surface area contributed by atoms with E-state index in [-0.39, 0.29) is 36.1 Å². The van der Waals surface area contributed by atoms with E-state index in [0.717, 1.165) is 23.4 Å². The van der Waals surface area contributed by atoms with Crippen molar-refractivity contribution in [2.75, 3.05) is 26.2 Å². The van der Waals surface area contributed by atoms with Crippen LogP contribution in [0.3, 0.4) is 0 Å². The quantitative estimate of drug-likeness (QED) is 0.563. The minimum absolute atomic E-state index is 0.0470. The van der Waals surface area contributed by atoms with Gasteiger partial charge in [0.15, 0.2) is 11.5 Å². The van der Waals surface area contributed by atoms with Crippen LogP contribution in [0.2, 0.25) is 0 Å². The van der Waals surface area contributed by atoms with Crippen molar-refractivity contribution in [1.29, 1.82) is 0 Å². The number of halogens is 1. The number of nitrogens with one attached hydrogen (secondary N) is 1. The van der Waals surface area contributed by atoms with Crippen LogP contribution in [0.15, 0.2) is 53.9 Å². The molecule has 1 unspecified atom stereocenters. The number of carbonyl (C=O) groups is 2. The van der Waals surface area contributed by atoms with Gasteiger partial charge in [0.2, 0.25) is 5.91 Å². The zero-order valence-electron chi connectivity index (χ0n) is 19.1. The first-order valence-corrected chi connectivity index (χ1v) is 12.6. The van der Waals surface area contributed by atoms with E-state index in [2.05, 4.69) is 10.3 Å².